The van der Waals surface area contributed by atoms with Gasteiger partial charge in [0.1, 0.15) is 0 Å². The van der Waals surface area contributed by atoms with Crippen molar-refractivity contribution in [1.82, 2.24) is 5.43 Å². The number of hydrazone groups is 1. The Morgan fingerprint density at radius 2 is 1.57 bits per heavy atom. The maximum atomic E-state index is 12.4. The SMILES string of the molecule is C/C(=N\NC(=O)c1cccc2ccccc12)c1ccccc1Cl. The first kappa shape index (κ1) is 15.3. The number of nitrogens with zero attached hydrogens (tertiary/aromatic N) is 1. The zero-order chi connectivity index (χ0) is 16.2. The predicted octanol–water partition coefficient (Wildman–Crippen LogP) is 4.65. The van der Waals surface area contributed by atoms with Crippen LogP contribution in [0, 0.1) is 0 Å². The molecular weight excluding hydrogens is 308 g/mol. The normalized spacial score (nSPS) is 11.5. The summed E-state index contributed by atoms with van der Waals surface area (Å²) < 4.78 is 0. The second kappa shape index (κ2) is 6.63. The average molecular weight is 323 g/mol. The number of carbonyl (C=O) groups excluding carboxylic acids is 1. The lowest BCUT2D eigenvalue weighted by Gasteiger charge is -2.07. The van der Waals surface area contributed by atoms with E-state index in [1.54, 1.807) is 12.1 Å². The van der Waals surface area contributed by atoms with Gasteiger partial charge in [-0.3, -0.25) is 4.79 Å². The summed E-state index contributed by atoms with van der Waals surface area (Å²) in [5, 5.41) is 6.70. The third-order valence-corrected chi connectivity index (χ3v) is 3.95. The monoisotopic (exact) mass is 322 g/mol. The van der Waals surface area contributed by atoms with Crippen LogP contribution in [0.3, 0.4) is 0 Å². The summed E-state index contributed by atoms with van der Waals surface area (Å²) in [7, 11) is 0. The summed E-state index contributed by atoms with van der Waals surface area (Å²) >= 11 is 6.14. The lowest BCUT2D eigenvalue weighted by atomic mass is 10.0. The summed E-state index contributed by atoms with van der Waals surface area (Å²) in [6.07, 6.45) is 0. The van der Waals surface area contributed by atoms with Crippen LogP contribution in [0.15, 0.2) is 71.8 Å². The van der Waals surface area contributed by atoms with E-state index in [-0.39, 0.29) is 5.91 Å². The molecule has 0 saturated heterocycles. The maximum absolute atomic E-state index is 12.4. The molecule has 0 heterocycles. The van der Waals surface area contributed by atoms with Crippen molar-refractivity contribution in [1.29, 1.82) is 0 Å². The Hall–Kier alpha value is -2.65. The molecule has 1 amide bonds. The number of nitrogens with one attached hydrogen (secondary N) is 1. The van der Waals surface area contributed by atoms with Gasteiger partial charge in [-0.25, -0.2) is 5.43 Å². The van der Waals surface area contributed by atoms with E-state index in [4.69, 9.17) is 11.6 Å². The molecule has 23 heavy (non-hydrogen) atoms. The third-order valence-electron chi connectivity index (χ3n) is 3.62. The zero-order valence-electron chi connectivity index (χ0n) is 12.6. The highest BCUT2D eigenvalue weighted by atomic mass is 35.5. The molecule has 0 aliphatic rings. The van der Waals surface area contributed by atoms with Gasteiger partial charge in [-0.05, 0) is 29.8 Å². The van der Waals surface area contributed by atoms with Gasteiger partial charge in [0.05, 0.1) is 5.71 Å². The fourth-order valence-corrected chi connectivity index (χ4v) is 2.71. The van der Waals surface area contributed by atoms with Crippen molar-refractivity contribution in [3.8, 4) is 0 Å². The first-order valence-electron chi connectivity index (χ1n) is 7.24. The topological polar surface area (TPSA) is 41.5 Å². The van der Waals surface area contributed by atoms with Crippen molar-refractivity contribution in [2.24, 2.45) is 5.10 Å². The van der Waals surface area contributed by atoms with Gasteiger partial charge in [-0.2, -0.15) is 5.10 Å². The van der Waals surface area contributed by atoms with Gasteiger partial charge in [0, 0.05) is 16.1 Å². The lowest BCUT2D eigenvalue weighted by Crippen LogP contribution is -2.19. The molecule has 3 nitrogen and oxygen atoms in total. The second-order valence-corrected chi connectivity index (χ2v) is 5.55. The molecule has 0 radical (unpaired) electrons. The highest BCUT2D eigenvalue weighted by molar-refractivity contribution is 6.34. The summed E-state index contributed by atoms with van der Waals surface area (Å²) in [4.78, 5) is 12.4. The molecule has 0 atom stereocenters. The van der Waals surface area contributed by atoms with Crippen LogP contribution < -0.4 is 5.43 Å². The van der Waals surface area contributed by atoms with Gasteiger partial charge < -0.3 is 0 Å². The van der Waals surface area contributed by atoms with Crippen LogP contribution in [0.25, 0.3) is 10.8 Å². The predicted molar refractivity (Wildman–Crippen MR) is 95.1 cm³/mol. The number of halogens is 1. The van der Waals surface area contributed by atoms with Gasteiger partial charge in [-0.15, -0.1) is 0 Å². The third kappa shape index (κ3) is 3.25. The Kier molecular flexibility index (Phi) is 4.40. The van der Waals surface area contributed by atoms with Crippen LogP contribution in [0.1, 0.15) is 22.8 Å². The van der Waals surface area contributed by atoms with Crippen LogP contribution in [-0.4, -0.2) is 11.6 Å². The number of hydrogen-bond acceptors (Lipinski definition) is 2. The molecule has 0 fully saturated rings. The zero-order valence-corrected chi connectivity index (χ0v) is 13.3. The minimum atomic E-state index is -0.242. The molecule has 3 aromatic rings. The number of carbonyl (C=O) groups is 1. The molecule has 0 aromatic heterocycles. The highest BCUT2D eigenvalue weighted by Crippen LogP contribution is 2.19. The molecule has 0 aliphatic carbocycles. The van der Waals surface area contributed by atoms with Gasteiger partial charge >= 0.3 is 0 Å². The lowest BCUT2D eigenvalue weighted by molar-refractivity contribution is 0.0956. The summed E-state index contributed by atoms with van der Waals surface area (Å²) in [5.41, 5.74) is 4.66. The number of rotatable bonds is 3. The molecule has 0 unspecified atom stereocenters. The molecule has 114 valence electrons. The minimum absolute atomic E-state index is 0.242. The van der Waals surface area contributed by atoms with Crippen molar-refractivity contribution in [2.75, 3.05) is 0 Å². The Bertz CT molecular complexity index is 897. The molecule has 0 bridgehead atoms. The van der Waals surface area contributed by atoms with E-state index in [0.717, 1.165) is 16.3 Å². The van der Waals surface area contributed by atoms with E-state index < -0.39 is 0 Å². The Balaban J connectivity index is 1.87. The molecule has 3 rings (SSSR count). The smallest absolute Gasteiger partial charge is 0.267 e. The fourth-order valence-electron chi connectivity index (χ4n) is 2.43. The van der Waals surface area contributed by atoms with E-state index in [1.807, 2.05) is 61.5 Å². The van der Waals surface area contributed by atoms with Crippen LogP contribution in [0.4, 0.5) is 0 Å². The first-order valence-corrected chi connectivity index (χ1v) is 7.62. The molecule has 0 saturated carbocycles. The second-order valence-electron chi connectivity index (χ2n) is 5.14. The van der Waals surface area contributed by atoms with E-state index in [9.17, 15) is 4.79 Å². The van der Waals surface area contributed by atoms with Crippen molar-refractivity contribution in [3.05, 3.63) is 82.9 Å². The fraction of sp³-hybridized carbons (Fsp3) is 0.0526. The Morgan fingerprint density at radius 3 is 2.39 bits per heavy atom. The average Bonchev–Trinajstić information content (AvgIpc) is 2.59. The quantitative estimate of drug-likeness (QED) is 0.553. The molecule has 3 aromatic carbocycles. The van der Waals surface area contributed by atoms with Crippen molar-refractivity contribution in [3.63, 3.8) is 0 Å². The number of fused-ring (bicyclic) bond motifs is 1. The number of amides is 1. The van der Waals surface area contributed by atoms with Crippen LogP contribution in [0.5, 0.6) is 0 Å². The van der Waals surface area contributed by atoms with Crippen LogP contribution in [0.2, 0.25) is 5.02 Å². The molecule has 1 N–H and O–H groups in total. The van der Waals surface area contributed by atoms with Crippen LogP contribution in [-0.2, 0) is 0 Å². The molecule has 0 aliphatic heterocycles. The summed E-state index contributed by atoms with van der Waals surface area (Å²) in [5.74, 6) is -0.242. The van der Waals surface area contributed by atoms with E-state index in [2.05, 4.69) is 10.5 Å². The van der Waals surface area contributed by atoms with Gasteiger partial charge in [0.15, 0.2) is 0 Å². The molecule has 4 heteroatoms. The standard InChI is InChI=1S/C19H15ClN2O/c1-13(15-9-4-5-12-18(15)20)21-22-19(23)17-11-6-8-14-7-2-3-10-16(14)17/h2-12H,1H3,(H,22,23)/b21-13+. The highest BCUT2D eigenvalue weighted by Gasteiger charge is 2.09. The first-order chi connectivity index (χ1) is 11.2. The van der Waals surface area contributed by atoms with E-state index >= 15 is 0 Å². The van der Waals surface area contributed by atoms with E-state index in [0.29, 0.717) is 16.3 Å². The van der Waals surface area contributed by atoms with Gasteiger partial charge in [-0.1, -0.05) is 66.2 Å². The van der Waals surface area contributed by atoms with Crippen molar-refractivity contribution >= 4 is 34.0 Å². The van der Waals surface area contributed by atoms with Crippen molar-refractivity contribution < 1.29 is 4.79 Å². The number of hydrogen-bond donors (Lipinski definition) is 1. The summed E-state index contributed by atoms with van der Waals surface area (Å²) in [6, 6.07) is 20.8. The molecule has 0 spiro atoms. The minimum Gasteiger partial charge on any atom is -0.267 e. The Morgan fingerprint density at radius 1 is 0.913 bits per heavy atom. The largest absolute Gasteiger partial charge is 0.272 e. The Labute approximate surface area is 139 Å². The maximum Gasteiger partial charge on any atom is 0.272 e. The van der Waals surface area contributed by atoms with Crippen molar-refractivity contribution in [2.45, 2.75) is 6.92 Å². The molecular formula is C19H15ClN2O. The van der Waals surface area contributed by atoms with E-state index in [1.165, 1.54) is 0 Å². The van der Waals surface area contributed by atoms with Gasteiger partial charge in [0.25, 0.3) is 5.91 Å². The van der Waals surface area contributed by atoms with Gasteiger partial charge in [0.2, 0.25) is 0 Å². The number of benzene rings is 3. The van der Waals surface area contributed by atoms with Crippen LogP contribution >= 0.6 is 11.6 Å². The summed E-state index contributed by atoms with van der Waals surface area (Å²) in [6.45, 7) is 1.81.